The third kappa shape index (κ3) is 3.66. The van der Waals surface area contributed by atoms with Gasteiger partial charge in [-0.05, 0) is 43.5 Å². The lowest BCUT2D eigenvalue weighted by molar-refractivity contribution is 0.355. The van der Waals surface area contributed by atoms with Crippen molar-refractivity contribution < 1.29 is 13.5 Å². The SMILES string of the molecule is C#CCOc1cnc2c(Cc3cc(F)c(F)c([C@@]4(C)N=C(N)S[C@@]5(CC)C[C@H]54)c3)nccc2n1. The first kappa shape index (κ1) is 22.5. The molecule has 9 heteroatoms. The molecule has 0 radical (unpaired) electrons. The van der Waals surface area contributed by atoms with Crippen molar-refractivity contribution >= 4 is 28.0 Å². The Hall–Kier alpha value is -3.25. The molecule has 1 aliphatic heterocycles. The van der Waals surface area contributed by atoms with Crippen LogP contribution in [0.5, 0.6) is 5.88 Å². The second-order valence-electron chi connectivity index (χ2n) is 8.82. The number of halogens is 2. The van der Waals surface area contributed by atoms with Crippen molar-refractivity contribution in [3.05, 3.63) is 59.0 Å². The molecule has 2 aliphatic rings. The fourth-order valence-electron chi connectivity index (χ4n) is 4.97. The zero-order valence-electron chi connectivity index (χ0n) is 18.8. The summed E-state index contributed by atoms with van der Waals surface area (Å²) in [7, 11) is 0. The lowest BCUT2D eigenvalue weighted by Gasteiger charge is -2.34. The molecule has 0 saturated heterocycles. The van der Waals surface area contributed by atoms with Gasteiger partial charge in [-0.15, -0.1) is 6.42 Å². The fourth-order valence-corrected chi connectivity index (χ4v) is 6.38. The van der Waals surface area contributed by atoms with E-state index in [-0.39, 0.29) is 29.3 Å². The molecular formula is C25H23F2N5OS. The molecule has 1 aromatic carbocycles. The summed E-state index contributed by atoms with van der Waals surface area (Å²) in [5.74, 6) is 0.980. The van der Waals surface area contributed by atoms with Crippen LogP contribution in [0.2, 0.25) is 0 Å². The minimum atomic E-state index is -0.929. The molecule has 3 heterocycles. The van der Waals surface area contributed by atoms with Crippen LogP contribution < -0.4 is 10.5 Å². The number of ether oxygens (including phenoxy) is 1. The Morgan fingerprint density at radius 1 is 1.32 bits per heavy atom. The third-order valence-corrected chi connectivity index (χ3v) is 8.22. The number of hydrogen-bond donors (Lipinski definition) is 1. The number of thioether (sulfide) groups is 1. The Kier molecular flexibility index (Phi) is 5.44. The van der Waals surface area contributed by atoms with Gasteiger partial charge >= 0.3 is 0 Å². The lowest BCUT2D eigenvalue weighted by Crippen LogP contribution is -2.36. The summed E-state index contributed by atoms with van der Waals surface area (Å²) in [6.07, 6.45) is 10.3. The summed E-state index contributed by atoms with van der Waals surface area (Å²) < 4.78 is 35.2. The maximum Gasteiger partial charge on any atom is 0.233 e. The summed E-state index contributed by atoms with van der Waals surface area (Å²) in [5.41, 5.74) is 7.71. The molecular weight excluding hydrogens is 456 g/mol. The van der Waals surface area contributed by atoms with Gasteiger partial charge in [0, 0.05) is 28.8 Å². The van der Waals surface area contributed by atoms with Gasteiger partial charge in [0.05, 0.1) is 22.9 Å². The van der Waals surface area contributed by atoms with Crippen molar-refractivity contribution in [1.29, 1.82) is 0 Å². The number of pyridine rings is 1. The van der Waals surface area contributed by atoms with Gasteiger partial charge in [0.15, 0.2) is 23.4 Å². The largest absolute Gasteiger partial charge is 0.463 e. The summed E-state index contributed by atoms with van der Waals surface area (Å²) >= 11 is 1.55. The predicted octanol–water partition coefficient (Wildman–Crippen LogP) is 4.35. The highest BCUT2D eigenvalue weighted by Crippen LogP contribution is 2.67. The molecule has 1 aliphatic carbocycles. The van der Waals surface area contributed by atoms with Crippen LogP contribution >= 0.6 is 11.8 Å². The van der Waals surface area contributed by atoms with Crippen LogP contribution in [0.15, 0.2) is 35.6 Å². The smallest absolute Gasteiger partial charge is 0.233 e. The van der Waals surface area contributed by atoms with Gasteiger partial charge < -0.3 is 10.5 Å². The van der Waals surface area contributed by atoms with Crippen molar-refractivity contribution in [2.75, 3.05) is 6.61 Å². The zero-order chi connectivity index (χ0) is 24.1. The second kappa shape index (κ2) is 8.20. The van der Waals surface area contributed by atoms with Crippen LogP contribution in [0.3, 0.4) is 0 Å². The van der Waals surface area contributed by atoms with Gasteiger partial charge in [0.25, 0.3) is 0 Å². The number of nitrogens with two attached hydrogens (primary N) is 1. The van der Waals surface area contributed by atoms with E-state index in [1.54, 1.807) is 30.1 Å². The Morgan fingerprint density at radius 2 is 2.15 bits per heavy atom. The number of terminal acetylenes is 1. The standard InChI is InChI=1S/C25H23F2N5OS/c1-4-8-33-20-13-30-22-17(31-20)6-7-29-18(22)11-14-9-15(21(27)16(26)10-14)24(3)19-12-25(19,5-2)34-23(28)32-24/h1,6-7,9-10,13,19H,5,8,11-12H2,2-3H3,(H2,28,32)/t19-,24+,25-/m0/s1. The molecule has 1 fully saturated rings. The summed E-state index contributed by atoms with van der Waals surface area (Å²) in [6.45, 7) is 4.03. The molecule has 0 spiro atoms. The van der Waals surface area contributed by atoms with Gasteiger partial charge in [-0.2, -0.15) is 0 Å². The van der Waals surface area contributed by atoms with Gasteiger partial charge in [-0.3, -0.25) is 9.98 Å². The number of aliphatic imine (C=N–C) groups is 1. The maximum atomic E-state index is 15.1. The molecule has 0 unspecified atom stereocenters. The van der Waals surface area contributed by atoms with E-state index in [2.05, 4.69) is 32.8 Å². The van der Waals surface area contributed by atoms with Crippen LogP contribution in [-0.4, -0.2) is 31.5 Å². The third-order valence-electron chi connectivity index (χ3n) is 6.77. The average Bonchev–Trinajstić information content (AvgIpc) is 3.56. The van der Waals surface area contributed by atoms with Gasteiger partial charge in [0.1, 0.15) is 5.52 Å². The first-order chi connectivity index (χ1) is 16.3. The number of nitrogens with zero attached hydrogens (tertiary/aromatic N) is 4. The summed E-state index contributed by atoms with van der Waals surface area (Å²) in [4.78, 5) is 17.9. The van der Waals surface area contributed by atoms with Gasteiger partial charge in [0.2, 0.25) is 5.88 Å². The first-order valence-electron chi connectivity index (χ1n) is 11.0. The molecule has 5 rings (SSSR count). The number of amidine groups is 1. The quantitative estimate of drug-likeness (QED) is 0.529. The van der Waals surface area contributed by atoms with Crippen LogP contribution in [0.1, 0.15) is 43.5 Å². The van der Waals surface area contributed by atoms with Gasteiger partial charge in [-0.1, -0.05) is 24.6 Å². The molecule has 34 heavy (non-hydrogen) atoms. The Bertz CT molecular complexity index is 1370. The van der Waals surface area contributed by atoms with Crippen LogP contribution in [-0.2, 0) is 12.0 Å². The van der Waals surface area contributed by atoms with Crippen LogP contribution in [0.4, 0.5) is 8.78 Å². The molecule has 2 aromatic heterocycles. The molecule has 2 N–H and O–H groups in total. The van der Waals surface area contributed by atoms with E-state index in [0.717, 1.165) is 12.8 Å². The van der Waals surface area contributed by atoms with Crippen molar-refractivity contribution in [3.8, 4) is 18.2 Å². The first-order valence-corrected chi connectivity index (χ1v) is 11.8. The Balaban J connectivity index is 1.53. The normalized spacial score (nSPS) is 25.4. The summed E-state index contributed by atoms with van der Waals surface area (Å²) in [6, 6.07) is 4.59. The highest BCUT2D eigenvalue weighted by atomic mass is 32.2. The number of benzene rings is 1. The predicted molar refractivity (Wildman–Crippen MR) is 129 cm³/mol. The molecule has 0 amide bonds. The van der Waals surface area contributed by atoms with E-state index in [9.17, 15) is 4.39 Å². The lowest BCUT2D eigenvalue weighted by atomic mass is 9.84. The molecule has 3 aromatic rings. The highest BCUT2D eigenvalue weighted by Gasteiger charge is 2.65. The van der Waals surface area contributed by atoms with Crippen molar-refractivity contribution in [1.82, 2.24) is 15.0 Å². The minimum Gasteiger partial charge on any atom is -0.463 e. The fraction of sp³-hybridized carbons (Fsp3) is 0.360. The Morgan fingerprint density at radius 3 is 2.91 bits per heavy atom. The molecule has 174 valence electrons. The second-order valence-corrected chi connectivity index (χ2v) is 10.3. The van der Waals surface area contributed by atoms with E-state index in [1.165, 1.54) is 12.3 Å². The van der Waals surface area contributed by atoms with E-state index in [1.807, 2.05) is 6.92 Å². The average molecular weight is 480 g/mol. The number of aromatic nitrogens is 3. The zero-order valence-corrected chi connectivity index (χ0v) is 19.6. The van der Waals surface area contributed by atoms with E-state index >= 15 is 4.39 Å². The van der Waals surface area contributed by atoms with Crippen molar-refractivity contribution in [2.45, 2.75) is 43.4 Å². The number of rotatable bonds is 6. The molecule has 6 nitrogen and oxygen atoms in total. The van der Waals surface area contributed by atoms with Crippen molar-refractivity contribution in [3.63, 3.8) is 0 Å². The van der Waals surface area contributed by atoms with Gasteiger partial charge in [-0.25, -0.2) is 18.7 Å². The molecule has 1 saturated carbocycles. The minimum absolute atomic E-state index is 0.0640. The van der Waals surface area contributed by atoms with E-state index in [0.29, 0.717) is 33.3 Å². The maximum absolute atomic E-state index is 15.1. The van der Waals surface area contributed by atoms with E-state index < -0.39 is 17.2 Å². The molecule has 0 bridgehead atoms. The summed E-state index contributed by atoms with van der Waals surface area (Å²) in [5, 5.41) is 0.414. The van der Waals surface area contributed by atoms with E-state index in [4.69, 9.17) is 16.9 Å². The topological polar surface area (TPSA) is 86.3 Å². The Labute approximate surface area is 200 Å². The highest BCUT2D eigenvalue weighted by molar-refractivity contribution is 8.15. The number of fused-ring (bicyclic) bond motifs is 2. The number of hydrogen-bond acceptors (Lipinski definition) is 7. The van der Waals surface area contributed by atoms with Crippen LogP contribution in [0.25, 0.3) is 11.0 Å². The monoisotopic (exact) mass is 479 g/mol. The van der Waals surface area contributed by atoms with Crippen molar-refractivity contribution in [2.24, 2.45) is 16.6 Å². The van der Waals surface area contributed by atoms with Crippen LogP contribution in [0, 0.1) is 29.9 Å². The molecule has 3 atom stereocenters.